The molecule has 0 saturated carbocycles. The molecule has 15 heavy (non-hydrogen) atoms. The average Bonchev–Trinajstić information content (AvgIpc) is 2.14. The minimum absolute atomic E-state index is 0.262. The van der Waals surface area contributed by atoms with Crippen LogP contribution < -0.4 is 10.6 Å². The van der Waals surface area contributed by atoms with Gasteiger partial charge in [0.05, 0.1) is 7.11 Å². The van der Waals surface area contributed by atoms with Crippen molar-refractivity contribution in [3.8, 4) is 0 Å². The fourth-order valence-corrected chi connectivity index (χ4v) is 1.01. The van der Waals surface area contributed by atoms with Gasteiger partial charge in [-0.05, 0) is 6.92 Å². The first-order chi connectivity index (χ1) is 6.97. The summed E-state index contributed by atoms with van der Waals surface area (Å²) in [6.07, 6.45) is 0. The van der Waals surface area contributed by atoms with Gasteiger partial charge >= 0.3 is 5.97 Å². The van der Waals surface area contributed by atoms with Crippen LogP contribution in [0, 0.1) is 0 Å². The monoisotopic (exact) mass is 214 g/mol. The number of methoxy groups -OCH3 is 1. The predicted molar refractivity (Wildman–Crippen MR) is 57.3 cm³/mol. The summed E-state index contributed by atoms with van der Waals surface area (Å²) < 4.78 is 4.55. The van der Waals surface area contributed by atoms with Gasteiger partial charge in [0.1, 0.15) is 6.04 Å². The van der Waals surface area contributed by atoms with E-state index in [-0.39, 0.29) is 5.91 Å². The van der Waals surface area contributed by atoms with Crippen molar-refractivity contribution in [3.63, 3.8) is 0 Å². The molecule has 0 bridgehead atoms. The highest BCUT2D eigenvalue weighted by molar-refractivity contribution is 5.83. The van der Waals surface area contributed by atoms with Crippen LogP contribution in [0.1, 0.15) is 13.8 Å². The highest BCUT2D eigenvalue weighted by Crippen LogP contribution is 1.88. The lowest BCUT2D eigenvalue weighted by atomic mass is 10.2. The van der Waals surface area contributed by atoms with Gasteiger partial charge in [-0.3, -0.25) is 4.79 Å². The standard InChI is InChI=1S/C10H18N2O3/c1-7(2)5-11-6-9(10(14)15-4)12-8(3)13/h9,11H,1,5-6H2,2-4H3,(H,12,13). The molecule has 0 aromatic rings. The summed E-state index contributed by atoms with van der Waals surface area (Å²) >= 11 is 0. The molecule has 1 amide bonds. The van der Waals surface area contributed by atoms with Crippen molar-refractivity contribution in [2.75, 3.05) is 20.2 Å². The van der Waals surface area contributed by atoms with Crippen LogP contribution in [0.25, 0.3) is 0 Å². The number of hydrogen-bond donors (Lipinski definition) is 2. The van der Waals surface area contributed by atoms with Gasteiger partial charge in [0, 0.05) is 20.0 Å². The van der Waals surface area contributed by atoms with Crippen LogP contribution in [-0.4, -0.2) is 38.1 Å². The Balaban J connectivity index is 4.07. The van der Waals surface area contributed by atoms with Crippen LogP contribution in [0.3, 0.4) is 0 Å². The first kappa shape index (κ1) is 13.6. The maximum atomic E-state index is 11.2. The quantitative estimate of drug-likeness (QED) is 0.476. The molecule has 1 unspecified atom stereocenters. The molecule has 0 heterocycles. The number of amides is 1. The maximum absolute atomic E-state index is 11.2. The van der Waals surface area contributed by atoms with Gasteiger partial charge in [-0.15, -0.1) is 0 Å². The lowest BCUT2D eigenvalue weighted by Gasteiger charge is -2.15. The van der Waals surface area contributed by atoms with E-state index < -0.39 is 12.0 Å². The zero-order valence-corrected chi connectivity index (χ0v) is 9.42. The summed E-state index contributed by atoms with van der Waals surface area (Å²) in [4.78, 5) is 22.0. The van der Waals surface area contributed by atoms with Crippen molar-refractivity contribution >= 4 is 11.9 Å². The normalized spacial score (nSPS) is 11.7. The molecule has 1 atom stereocenters. The minimum Gasteiger partial charge on any atom is -0.467 e. The van der Waals surface area contributed by atoms with Gasteiger partial charge in [-0.2, -0.15) is 0 Å². The lowest BCUT2D eigenvalue weighted by molar-refractivity contribution is -0.144. The SMILES string of the molecule is C=C(C)CNCC(NC(C)=O)C(=O)OC. The lowest BCUT2D eigenvalue weighted by Crippen LogP contribution is -2.47. The van der Waals surface area contributed by atoms with Crippen LogP contribution in [0.15, 0.2) is 12.2 Å². The number of hydrogen-bond acceptors (Lipinski definition) is 4. The molecule has 0 saturated heterocycles. The van der Waals surface area contributed by atoms with Gasteiger partial charge in [0.2, 0.25) is 5.91 Å². The largest absolute Gasteiger partial charge is 0.467 e. The Kier molecular flexibility index (Phi) is 6.37. The van der Waals surface area contributed by atoms with E-state index in [1.165, 1.54) is 14.0 Å². The van der Waals surface area contributed by atoms with Crippen molar-refractivity contribution in [3.05, 3.63) is 12.2 Å². The van der Waals surface area contributed by atoms with E-state index in [0.717, 1.165) is 5.57 Å². The van der Waals surface area contributed by atoms with Crippen LogP contribution in [-0.2, 0) is 14.3 Å². The minimum atomic E-state index is -0.646. The first-order valence-corrected chi connectivity index (χ1v) is 4.67. The summed E-state index contributed by atoms with van der Waals surface area (Å²) in [5, 5.41) is 5.49. The topological polar surface area (TPSA) is 67.4 Å². The van der Waals surface area contributed by atoms with Crippen molar-refractivity contribution in [2.45, 2.75) is 19.9 Å². The third-order valence-corrected chi connectivity index (χ3v) is 1.64. The number of nitrogens with one attached hydrogen (secondary N) is 2. The second kappa shape index (κ2) is 7.00. The van der Waals surface area contributed by atoms with Gasteiger partial charge in [-0.25, -0.2) is 4.79 Å². The van der Waals surface area contributed by atoms with Gasteiger partial charge in [0.25, 0.3) is 0 Å². The third kappa shape index (κ3) is 6.68. The van der Waals surface area contributed by atoms with Gasteiger partial charge in [-0.1, -0.05) is 12.2 Å². The van der Waals surface area contributed by atoms with Gasteiger partial charge < -0.3 is 15.4 Å². The Morgan fingerprint density at radius 2 is 2.00 bits per heavy atom. The molecule has 0 aromatic carbocycles. The van der Waals surface area contributed by atoms with E-state index in [1.54, 1.807) is 0 Å². The van der Waals surface area contributed by atoms with E-state index in [4.69, 9.17) is 0 Å². The van der Waals surface area contributed by atoms with Crippen LogP contribution in [0.2, 0.25) is 0 Å². The second-order valence-corrected chi connectivity index (χ2v) is 3.36. The first-order valence-electron chi connectivity index (χ1n) is 4.67. The van der Waals surface area contributed by atoms with Crippen LogP contribution in [0.4, 0.5) is 0 Å². The molecule has 0 radical (unpaired) electrons. The Morgan fingerprint density at radius 3 is 2.40 bits per heavy atom. The number of carbonyl (C=O) groups excluding carboxylic acids is 2. The summed E-state index contributed by atoms with van der Waals surface area (Å²) in [7, 11) is 1.29. The van der Waals surface area contributed by atoms with E-state index in [1.807, 2.05) is 6.92 Å². The molecule has 0 fully saturated rings. The molecule has 0 spiro atoms. The smallest absolute Gasteiger partial charge is 0.329 e. The van der Waals surface area contributed by atoms with Crippen LogP contribution >= 0.6 is 0 Å². The van der Waals surface area contributed by atoms with Crippen molar-refractivity contribution in [1.29, 1.82) is 0 Å². The van der Waals surface area contributed by atoms with E-state index >= 15 is 0 Å². The highest BCUT2D eigenvalue weighted by atomic mass is 16.5. The Hall–Kier alpha value is -1.36. The van der Waals surface area contributed by atoms with Crippen molar-refractivity contribution < 1.29 is 14.3 Å². The summed E-state index contributed by atoms with van der Waals surface area (Å²) in [5.41, 5.74) is 0.960. The average molecular weight is 214 g/mol. The summed E-state index contributed by atoms with van der Waals surface area (Å²) in [5.74, 6) is -0.720. The molecular formula is C10H18N2O3. The van der Waals surface area contributed by atoms with E-state index in [0.29, 0.717) is 13.1 Å². The maximum Gasteiger partial charge on any atom is 0.329 e. The van der Waals surface area contributed by atoms with E-state index in [9.17, 15) is 9.59 Å². The number of esters is 1. The predicted octanol–water partition coefficient (Wildman–Crippen LogP) is -0.170. The fourth-order valence-electron chi connectivity index (χ4n) is 1.01. The molecule has 5 heteroatoms. The number of carbonyl (C=O) groups is 2. The molecule has 0 aromatic heterocycles. The second-order valence-electron chi connectivity index (χ2n) is 3.36. The molecule has 86 valence electrons. The molecule has 2 N–H and O–H groups in total. The Morgan fingerprint density at radius 1 is 1.40 bits per heavy atom. The summed E-state index contributed by atoms with van der Waals surface area (Å²) in [6.45, 7) is 7.88. The zero-order chi connectivity index (χ0) is 11.8. The molecule has 0 aliphatic carbocycles. The van der Waals surface area contributed by atoms with E-state index in [2.05, 4.69) is 21.9 Å². The molecule has 0 rings (SSSR count). The Labute approximate surface area is 89.9 Å². The molecule has 0 aliphatic rings. The molecule has 5 nitrogen and oxygen atoms in total. The summed E-state index contributed by atoms with van der Waals surface area (Å²) in [6, 6.07) is -0.646. The zero-order valence-electron chi connectivity index (χ0n) is 9.42. The van der Waals surface area contributed by atoms with Crippen molar-refractivity contribution in [2.24, 2.45) is 0 Å². The third-order valence-electron chi connectivity index (χ3n) is 1.64. The number of rotatable bonds is 6. The van der Waals surface area contributed by atoms with Gasteiger partial charge in [0.15, 0.2) is 0 Å². The highest BCUT2D eigenvalue weighted by Gasteiger charge is 2.19. The number of ether oxygens (including phenoxy) is 1. The van der Waals surface area contributed by atoms with Crippen molar-refractivity contribution in [1.82, 2.24) is 10.6 Å². The molecule has 0 aliphatic heterocycles. The van der Waals surface area contributed by atoms with Crippen LogP contribution in [0.5, 0.6) is 0 Å². The molecular weight excluding hydrogens is 196 g/mol. The Bertz CT molecular complexity index is 251. The fraction of sp³-hybridized carbons (Fsp3) is 0.600.